The quantitative estimate of drug-likeness (QED) is 0.362. The Balaban J connectivity index is 2.92. The molecule has 0 N–H and O–H groups in total. The normalized spacial score (nSPS) is 13.8. The van der Waals surface area contributed by atoms with Gasteiger partial charge in [-0.2, -0.15) is 0 Å². The van der Waals surface area contributed by atoms with Crippen molar-refractivity contribution in [1.82, 2.24) is 0 Å². The minimum absolute atomic E-state index is 0.00699. The number of carbonyl (C=O) groups is 1. The number of hydrogen-bond donors (Lipinski definition) is 0. The molecule has 1 aromatic carbocycles. The number of ether oxygens (including phenoxy) is 5. The second kappa shape index (κ2) is 8.60. The minimum atomic E-state index is -1.35. The largest absolute Gasteiger partial charge is 0.428 e. The van der Waals surface area contributed by atoms with Crippen LogP contribution in [0.3, 0.4) is 0 Å². The molecule has 1 aromatic rings. The van der Waals surface area contributed by atoms with Crippen LogP contribution in [0.1, 0.15) is 5.56 Å². The fourth-order valence-corrected chi connectivity index (χ4v) is 1.53. The van der Waals surface area contributed by atoms with E-state index in [0.717, 1.165) is 0 Å². The Morgan fingerprint density at radius 2 is 1.79 bits per heavy atom. The molecule has 6 nitrogen and oxygen atoms in total. The van der Waals surface area contributed by atoms with Gasteiger partial charge in [0.2, 0.25) is 0 Å². The van der Waals surface area contributed by atoms with Crippen molar-refractivity contribution in [1.29, 1.82) is 0 Å². The highest BCUT2D eigenvalue weighted by Crippen LogP contribution is 2.27. The Bertz CT molecular complexity index is 355. The van der Waals surface area contributed by atoms with Gasteiger partial charge in [-0.3, -0.25) is 4.79 Å². The lowest BCUT2D eigenvalue weighted by atomic mass is 10.1. The van der Waals surface area contributed by atoms with Gasteiger partial charge in [0.25, 0.3) is 12.3 Å². The van der Waals surface area contributed by atoms with Crippen molar-refractivity contribution >= 4 is 6.47 Å². The molecule has 0 aliphatic rings. The van der Waals surface area contributed by atoms with Crippen molar-refractivity contribution < 1.29 is 28.5 Å². The van der Waals surface area contributed by atoms with E-state index in [1.807, 2.05) is 18.2 Å². The Hall–Kier alpha value is -1.47. The summed E-state index contributed by atoms with van der Waals surface area (Å²) in [7, 11) is 2.98. The van der Waals surface area contributed by atoms with E-state index in [-0.39, 0.29) is 20.2 Å². The average Bonchev–Trinajstić information content (AvgIpc) is 2.46. The second-order valence-electron chi connectivity index (χ2n) is 3.64. The minimum Gasteiger partial charge on any atom is -0.428 e. The molecule has 1 atom stereocenters. The van der Waals surface area contributed by atoms with Gasteiger partial charge in [-0.25, -0.2) is 0 Å². The number of carbonyl (C=O) groups excluding carboxylic acids is 1. The zero-order chi connectivity index (χ0) is 14.0. The molecular formula is C13H18O6. The summed E-state index contributed by atoms with van der Waals surface area (Å²) in [6.07, 6.45) is 0. The predicted octanol–water partition coefficient (Wildman–Crippen LogP) is 1.25. The van der Waals surface area contributed by atoms with E-state index in [0.29, 0.717) is 12.0 Å². The van der Waals surface area contributed by atoms with E-state index in [2.05, 4.69) is 0 Å². The third-order valence-corrected chi connectivity index (χ3v) is 2.36. The van der Waals surface area contributed by atoms with Crippen LogP contribution in [0.4, 0.5) is 0 Å². The molecule has 0 aliphatic carbocycles. The molecule has 0 heterocycles. The predicted molar refractivity (Wildman–Crippen MR) is 66.1 cm³/mol. The van der Waals surface area contributed by atoms with Crippen LogP contribution in [0.15, 0.2) is 30.3 Å². The summed E-state index contributed by atoms with van der Waals surface area (Å²) in [5.74, 6) is -1.35. The van der Waals surface area contributed by atoms with Crippen molar-refractivity contribution in [2.45, 2.75) is 5.79 Å². The summed E-state index contributed by atoms with van der Waals surface area (Å²) in [5.41, 5.74) is 0.648. The van der Waals surface area contributed by atoms with Crippen LogP contribution in [-0.2, 0) is 34.3 Å². The average molecular weight is 270 g/mol. The third-order valence-electron chi connectivity index (χ3n) is 2.36. The highest BCUT2D eigenvalue weighted by Gasteiger charge is 2.36. The SMILES string of the molecule is COCOCC(OC=O)(OCOC)c1ccccc1. The summed E-state index contributed by atoms with van der Waals surface area (Å²) in [6.45, 7) is 0.331. The summed E-state index contributed by atoms with van der Waals surface area (Å²) < 4.78 is 25.5. The zero-order valence-corrected chi connectivity index (χ0v) is 11.0. The molecule has 0 spiro atoms. The van der Waals surface area contributed by atoms with Gasteiger partial charge in [0.15, 0.2) is 6.79 Å². The molecule has 0 radical (unpaired) electrons. The van der Waals surface area contributed by atoms with Crippen LogP contribution >= 0.6 is 0 Å². The van der Waals surface area contributed by atoms with Crippen LogP contribution in [-0.4, -0.2) is 40.9 Å². The molecule has 1 unspecified atom stereocenters. The molecule has 0 aliphatic heterocycles. The molecule has 0 saturated carbocycles. The second-order valence-corrected chi connectivity index (χ2v) is 3.64. The molecule has 0 amide bonds. The smallest absolute Gasteiger partial charge is 0.295 e. The van der Waals surface area contributed by atoms with Crippen LogP contribution in [0.25, 0.3) is 0 Å². The molecule has 0 saturated heterocycles. The summed E-state index contributed by atoms with van der Waals surface area (Å²) in [4.78, 5) is 10.8. The van der Waals surface area contributed by atoms with E-state index < -0.39 is 5.79 Å². The lowest BCUT2D eigenvalue weighted by molar-refractivity contribution is -0.284. The first-order valence-electron chi connectivity index (χ1n) is 5.65. The summed E-state index contributed by atoms with van der Waals surface area (Å²) in [5, 5.41) is 0. The standard InChI is InChI=1S/C13H18O6/c1-15-10-17-8-13(18-9-14,19-11-16-2)12-6-4-3-5-7-12/h3-7,9H,8,10-11H2,1-2H3. The first-order valence-corrected chi connectivity index (χ1v) is 5.65. The fourth-order valence-electron chi connectivity index (χ4n) is 1.53. The molecule has 1 rings (SSSR count). The Kier molecular flexibility index (Phi) is 7.06. The summed E-state index contributed by atoms with van der Waals surface area (Å²) in [6, 6.07) is 9.02. The fraction of sp³-hybridized carbons (Fsp3) is 0.462. The van der Waals surface area contributed by atoms with Gasteiger partial charge in [0, 0.05) is 19.8 Å². The Labute approximate surface area is 112 Å². The van der Waals surface area contributed by atoms with Crippen molar-refractivity contribution in [2.24, 2.45) is 0 Å². The lowest BCUT2D eigenvalue weighted by Gasteiger charge is -2.31. The number of hydrogen-bond acceptors (Lipinski definition) is 6. The highest BCUT2D eigenvalue weighted by molar-refractivity contribution is 5.39. The van der Waals surface area contributed by atoms with E-state index in [1.165, 1.54) is 14.2 Å². The molecule has 6 heteroatoms. The summed E-state index contributed by atoms with van der Waals surface area (Å²) >= 11 is 0. The van der Waals surface area contributed by atoms with Gasteiger partial charge in [0.05, 0.1) is 0 Å². The first-order chi connectivity index (χ1) is 9.29. The van der Waals surface area contributed by atoms with E-state index in [1.54, 1.807) is 12.1 Å². The van der Waals surface area contributed by atoms with Gasteiger partial charge in [-0.1, -0.05) is 30.3 Å². The zero-order valence-electron chi connectivity index (χ0n) is 11.0. The molecule has 0 bridgehead atoms. The Morgan fingerprint density at radius 1 is 1.11 bits per heavy atom. The van der Waals surface area contributed by atoms with Gasteiger partial charge in [-0.15, -0.1) is 0 Å². The van der Waals surface area contributed by atoms with E-state index in [9.17, 15) is 4.79 Å². The highest BCUT2D eigenvalue weighted by atomic mass is 16.8. The maximum Gasteiger partial charge on any atom is 0.295 e. The van der Waals surface area contributed by atoms with Gasteiger partial charge >= 0.3 is 0 Å². The van der Waals surface area contributed by atoms with Gasteiger partial charge < -0.3 is 23.7 Å². The number of methoxy groups -OCH3 is 2. The van der Waals surface area contributed by atoms with Crippen LogP contribution < -0.4 is 0 Å². The first kappa shape index (κ1) is 15.6. The topological polar surface area (TPSA) is 63.2 Å². The maximum atomic E-state index is 10.8. The van der Waals surface area contributed by atoms with Gasteiger partial charge in [-0.05, 0) is 0 Å². The maximum absolute atomic E-state index is 10.8. The van der Waals surface area contributed by atoms with Crippen LogP contribution in [0.5, 0.6) is 0 Å². The van der Waals surface area contributed by atoms with Crippen LogP contribution in [0.2, 0.25) is 0 Å². The Morgan fingerprint density at radius 3 is 2.37 bits per heavy atom. The van der Waals surface area contributed by atoms with Crippen molar-refractivity contribution in [3.8, 4) is 0 Å². The van der Waals surface area contributed by atoms with Crippen molar-refractivity contribution in [3.63, 3.8) is 0 Å². The monoisotopic (exact) mass is 270 g/mol. The molecule has 106 valence electrons. The van der Waals surface area contributed by atoms with Gasteiger partial charge in [0.1, 0.15) is 13.4 Å². The number of rotatable bonds is 10. The number of benzene rings is 1. The molecular weight excluding hydrogens is 252 g/mol. The third kappa shape index (κ3) is 4.60. The van der Waals surface area contributed by atoms with Crippen molar-refractivity contribution in [3.05, 3.63) is 35.9 Å². The van der Waals surface area contributed by atoms with E-state index >= 15 is 0 Å². The van der Waals surface area contributed by atoms with Crippen LogP contribution in [0, 0.1) is 0 Å². The van der Waals surface area contributed by atoms with E-state index in [4.69, 9.17) is 23.7 Å². The molecule has 0 fully saturated rings. The molecule has 0 aromatic heterocycles. The lowest BCUT2D eigenvalue weighted by Crippen LogP contribution is -2.39. The van der Waals surface area contributed by atoms with Crippen molar-refractivity contribution in [2.75, 3.05) is 34.4 Å². The molecule has 19 heavy (non-hydrogen) atoms.